The molecule has 0 saturated heterocycles. The molecule has 3 nitrogen and oxygen atoms in total. The van der Waals surface area contributed by atoms with Crippen LogP contribution in [0.2, 0.25) is 0 Å². The maximum absolute atomic E-state index is 11.0. The van der Waals surface area contributed by atoms with Gasteiger partial charge in [0.25, 0.3) is 0 Å². The number of aliphatic carboxylic acids is 1. The number of nitrogens with one attached hydrogen (secondary N) is 1. The fourth-order valence-electron chi connectivity index (χ4n) is 3.61. The van der Waals surface area contributed by atoms with Crippen molar-refractivity contribution in [3.8, 4) is 0 Å². The van der Waals surface area contributed by atoms with Crippen molar-refractivity contribution in [3.05, 3.63) is 0 Å². The van der Waals surface area contributed by atoms with E-state index < -0.39 is 5.97 Å². The van der Waals surface area contributed by atoms with Gasteiger partial charge in [0.05, 0.1) is 5.92 Å². The van der Waals surface area contributed by atoms with Crippen molar-refractivity contribution < 1.29 is 9.90 Å². The molecule has 0 amide bonds. The monoisotopic (exact) mass is 253 g/mol. The lowest BCUT2D eigenvalue weighted by Gasteiger charge is -2.33. The molecule has 4 atom stereocenters. The largest absolute Gasteiger partial charge is 0.481 e. The zero-order chi connectivity index (χ0) is 13.0. The molecule has 3 heteroatoms. The molecule has 0 spiro atoms. The highest BCUT2D eigenvalue weighted by atomic mass is 16.4. The summed E-state index contributed by atoms with van der Waals surface area (Å²) in [5, 5.41) is 12.7. The molecular formula is C15H27NO2. The molecule has 4 unspecified atom stereocenters. The summed E-state index contributed by atoms with van der Waals surface area (Å²) in [4.78, 5) is 11.0. The van der Waals surface area contributed by atoms with E-state index in [4.69, 9.17) is 5.11 Å². The van der Waals surface area contributed by atoms with E-state index in [0.29, 0.717) is 6.04 Å². The molecule has 0 radical (unpaired) electrons. The molecule has 0 heterocycles. The Morgan fingerprint density at radius 3 is 2.67 bits per heavy atom. The van der Waals surface area contributed by atoms with Gasteiger partial charge in [-0.05, 0) is 44.1 Å². The van der Waals surface area contributed by atoms with Crippen LogP contribution in [0.4, 0.5) is 0 Å². The minimum Gasteiger partial charge on any atom is -0.481 e. The summed E-state index contributed by atoms with van der Waals surface area (Å²) in [6.45, 7) is 3.46. The van der Waals surface area contributed by atoms with E-state index in [-0.39, 0.29) is 5.92 Å². The van der Waals surface area contributed by atoms with Gasteiger partial charge in [0, 0.05) is 6.04 Å². The van der Waals surface area contributed by atoms with Crippen molar-refractivity contribution in [1.29, 1.82) is 0 Å². The average Bonchev–Trinajstić information content (AvgIpc) is 2.38. The van der Waals surface area contributed by atoms with Crippen LogP contribution in [0.15, 0.2) is 0 Å². The normalized spacial score (nSPS) is 37.4. The van der Waals surface area contributed by atoms with E-state index in [0.717, 1.165) is 44.1 Å². The van der Waals surface area contributed by atoms with E-state index in [2.05, 4.69) is 12.2 Å². The molecule has 2 rings (SSSR count). The molecule has 18 heavy (non-hydrogen) atoms. The Kier molecular flexibility index (Phi) is 5.04. The van der Waals surface area contributed by atoms with Gasteiger partial charge in [-0.1, -0.05) is 32.6 Å². The first-order valence-corrected chi connectivity index (χ1v) is 7.63. The van der Waals surface area contributed by atoms with Crippen LogP contribution >= 0.6 is 0 Å². The average molecular weight is 253 g/mol. The number of hydrogen-bond acceptors (Lipinski definition) is 2. The third-order valence-corrected chi connectivity index (χ3v) is 4.98. The summed E-state index contributed by atoms with van der Waals surface area (Å²) in [6, 6.07) is 0.439. The standard InChI is InChI=1S/C15H27NO2/c1-11-5-2-3-6-13(11)10-16-14-8-4-7-12(9-14)15(17)18/h11-14,16H,2-10H2,1H3,(H,17,18). The maximum Gasteiger partial charge on any atom is 0.306 e. The summed E-state index contributed by atoms with van der Waals surface area (Å²) in [5.74, 6) is 0.932. The molecule has 2 aliphatic carbocycles. The van der Waals surface area contributed by atoms with Gasteiger partial charge in [-0.3, -0.25) is 4.79 Å². The number of carboxylic acids is 1. The van der Waals surface area contributed by atoms with Crippen molar-refractivity contribution in [2.24, 2.45) is 17.8 Å². The van der Waals surface area contributed by atoms with Crippen LogP contribution in [-0.2, 0) is 4.79 Å². The molecule has 0 bridgehead atoms. The Bertz CT molecular complexity index is 280. The summed E-state index contributed by atoms with van der Waals surface area (Å²) < 4.78 is 0. The van der Waals surface area contributed by atoms with Crippen molar-refractivity contribution in [2.75, 3.05) is 6.54 Å². The van der Waals surface area contributed by atoms with Gasteiger partial charge < -0.3 is 10.4 Å². The van der Waals surface area contributed by atoms with Crippen molar-refractivity contribution in [3.63, 3.8) is 0 Å². The van der Waals surface area contributed by atoms with Gasteiger partial charge in [0.2, 0.25) is 0 Å². The summed E-state index contributed by atoms with van der Waals surface area (Å²) in [6.07, 6.45) is 9.41. The van der Waals surface area contributed by atoms with E-state index in [1.54, 1.807) is 0 Å². The summed E-state index contributed by atoms with van der Waals surface area (Å²) in [7, 11) is 0. The van der Waals surface area contributed by atoms with Gasteiger partial charge in [-0.25, -0.2) is 0 Å². The number of carbonyl (C=O) groups is 1. The maximum atomic E-state index is 11.0. The fourth-order valence-corrected chi connectivity index (χ4v) is 3.61. The SMILES string of the molecule is CC1CCCCC1CNC1CCCC(C(=O)O)C1. The summed E-state index contributed by atoms with van der Waals surface area (Å²) in [5.41, 5.74) is 0. The number of hydrogen-bond donors (Lipinski definition) is 2. The highest BCUT2D eigenvalue weighted by Crippen LogP contribution is 2.30. The van der Waals surface area contributed by atoms with Gasteiger partial charge in [-0.15, -0.1) is 0 Å². The first-order chi connectivity index (χ1) is 8.66. The lowest BCUT2D eigenvalue weighted by molar-refractivity contribution is -0.143. The van der Waals surface area contributed by atoms with Crippen molar-refractivity contribution in [1.82, 2.24) is 5.32 Å². The third-order valence-electron chi connectivity index (χ3n) is 4.98. The molecule has 2 fully saturated rings. The number of rotatable bonds is 4. The smallest absolute Gasteiger partial charge is 0.306 e. The van der Waals surface area contributed by atoms with E-state index in [1.165, 1.54) is 25.7 Å². The molecule has 2 saturated carbocycles. The molecule has 0 aromatic carbocycles. The highest BCUT2D eigenvalue weighted by Gasteiger charge is 2.28. The zero-order valence-electron chi connectivity index (χ0n) is 11.5. The second-order valence-electron chi connectivity index (χ2n) is 6.33. The quantitative estimate of drug-likeness (QED) is 0.809. The van der Waals surface area contributed by atoms with Crippen LogP contribution in [0, 0.1) is 17.8 Å². The highest BCUT2D eigenvalue weighted by molar-refractivity contribution is 5.70. The zero-order valence-corrected chi connectivity index (χ0v) is 11.5. The number of carboxylic acid groups (broad SMARTS) is 1. The Hall–Kier alpha value is -0.570. The van der Waals surface area contributed by atoms with Crippen LogP contribution < -0.4 is 5.32 Å². The van der Waals surface area contributed by atoms with Gasteiger partial charge in [0.15, 0.2) is 0 Å². The molecule has 2 N–H and O–H groups in total. The van der Waals surface area contributed by atoms with Crippen LogP contribution in [0.25, 0.3) is 0 Å². The van der Waals surface area contributed by atoms with E-state index in [9.17, 15) is 4.79 Å². The topological polar surface area (TPSA) is 49.3 Å². The second kappa shape index (κ2) is 6.55. The first-order valence-electron chi connectivity index (χ1n) is 7.63. The molecule has 0 aromatic heterocycles. The third kappa shape index (κ3) is 3.71. The van der Waals surface area contributed by atoms with Crippen LogP contribution in [0.3, 0.4) is 0 Å². The van der Waals surface area contributed by atoms with Gasteiger partial charge >= 0.3 is 5.97 Å². The predicted molar refractivity (Wildman–Crippen MR) is 72.5 cm³/mol. The Balaban J connectivity index is 1.74. The first kappa shape index (κ1) is 13.9. The molecule has 0 aliphatic heterocycles. The summed E-state index contributed by atoms with van der Waals surface area (Å²) >= 11 is 0. The second-order valence-corrected chi connectivity index (χ2v) is 6.33. The van der Waals surface area contributed by atoms with Crippen LogP contribution in [0.5, 0.6) is 0 Å². The lowest BCUT2D eigenvalue weighted by atomic mass is 9.80. The van der Waals surface area contributed by atoms with Crippen LogP contribution in [0.1, 0.15) is 58.3 Å². The predicted octanol–water partition coefficient (Wildman–Crippen LogP) is 3.05. The minimum atomic E-state index is -0.604. The van der Waals surface area contributed by atoms with E-state index in [1.807, 2.05) is 0 Å². The van der Waals surface area contributed by atoms with E-state index >= 15 is 0 Å². The molecule has 0 aromatic rings. The minimum absolute atomic E-state index is 0.111. The Labute approximate surface area is 110 Å². The molecule has 104 valence electrons. The fraction of sp³-hybridized carbons (Fsp3) is 0.933. The van der Waals surface area contributed by atoms with Gasteiger partial charge in [-0.2, -0.15) is 0 Å². The van der Waals surface area contributed by atoms with Gasteiger partial charge in [0.1, 0.15) is 0 Å². The lowest BCUT2D eigenvalue weighted by Crippen LogP contribution is -2.40. The Morgan fingerprint density at radius 2 is 1.94 bits per heavy atom. The van der Waals surface area contributed by atoms with Crippen molar-refractivity contribution in [2.45, 2.75) is 64.3 Å². The Morgan fingerprint density at radius 1 is 1.17 bits per heavy atom. The van der Waals surface area contributed by atoms with Crippen molar-refractivity contribution >= 4 is 5.97 Å². The van der Waals surface area contributed by atoms with Crippen LogP contribution in [-0.4, -0.2) is 23.7 Å². The molecular weight excluding hydrogens is 226 g/mol. The molecule has 2 aliphatic rings.